The number of esters is 1. The highest BCUT2D eigenvalue weighted by Gasteiger charge is 2.16. The molecular weight excluding hydrogens is 529 g/mol. The second kappa shape index (κ2) is 12.9. The zero-order chi connectivity index (χ0) is 26.1. The van der Waals surface area contributed by atoms with Crippen molar-refractivity contribution in [2.75, 3.05) is 13.2 Å². The van der Waals surface area contributed by atoms with Gasteiger partial charge in [-0.25, -0.2) is 10.2 Å². The molecule has 3 rings (SSSR count). The molecule has 0 radical (unpaired) electrons. The lowest BCUT2D eigenvalue weighted by atomic mass is 10.2. The van der Waals surface area contributed by atoms with Gasteiger partial charge in [0.1, 0.15) is 0 Å². The average Bonchev–Trinajstić information content (AvgIpc) is 2.84. The van der Waals surface area contributed by atoms with Gasteiger partial charge in [-0.15, -0.1) is 0 Å². The predicted molar refractivity (Wildman–Crippen MR) is 139 cm³/mol. The fourth-order valence-electron chi connectivity index (χ4n) is 2.89. The van der Waals surface area contributed by atoms with Crippen molar-refractivity contribution in [1.82, 2.24) is 10.7 Å². The van der Waals surface area contributed by atoms with Crippen LogP contribution in [-0.2, 0) is 4.79 Å². The number of nitrogens with zero attached hydrogens (tertiary/aromatic N) is 1. The van der Waals surface area contributed by atoms with E-state index in [0.29, 0.717) is 22.9 Å². The molecule has 0 fully saturated rings. The maximum Gasteiger partial charge on any atom is 0.345 e. The molecule has 0 spiro atoms. The summed E-state index contributed by atoms with van der Waals surface area (Å²) in [6.45, 7) is 1.79. The summed E-state index contributed by atoms with van der Waals surface area (Å²) in [6.07, 6.45) is 1.37. The zero-order valence-electron chi connectivity index (χ0n) is 18.9. The number of benzene rings is 3. The molecule has 0 atom stereocenters. The van der Waals surface area contributed by atoms with E-state index in [-0.39, 0.29) is 33.5 Å². The third kappa shape index (κ3) is 7.45. The van der Waals surface area contributed by atoms with Crippen molar-refractivity contribution in [3.05, 3.63) is 92.4 Å². The summed E-state index contributed by atoms with van der Waals surface area (Å²) in [7, 11) is 0. The largest absolute Gasteiger partial charge is 0.490 e. The number of amides is 2. The van der Waals surface area contributed by atoms with E-state index in [1.807, 2.05) is 0 Å². The maximum atomic E-state index is 12.5. The van der Waals surface area contributed by atoms with E-state index < -0.39 is 17.8 Å². The topological polar surface area (TPSA) is 106 Å². The minimum atomic E-state index is -0.676. The van der Waals surface area contributed by atoms with E-state index in [2.05, 4.69) is 15.8 Å². The van der Waals surface area contributed by atoms with Crippen LogP contribution in [0.2, 0.25) is 15.1 Å². The third-order valence-corrected chi connectivity index (χ3v) is 5.43. The number of hydrogen-bond donors (Lipinski definition) is 2. The Kier molecular flexibility index (Phi) is 9.69. The smallest absolute Gasteiger partial charge is 0.345 e. The number of carbonyl (C=O) groups excluding carboxylic acids is 3. The van der Waals surface area contributed by atoms with Crippen LogP contribution < -0.4 is 20.2 Å². The third-order valence-electron chi connectivity index (χ3n) is 4.55. The van der Waals surface area contributed by atoms with Crippen LogP contribution >= 0.6 is 34.8 Å². The molecule has 36 heavy (non-hydrogen) atoms. The van der Waals surface area contributed by atoms with Gasteiger partial charge < -0.3 is 14.8 Å². The van der Waals surface area contributed by atoms with E-state index in [1.54, 1.807) is 43.3 Å². The van der Waals surface area contributed by atoms with E-state index in [0.717, 1.165) is 0 Å². The van der Waals surface area contributed by atoms with Crippen LogP contribution in [0.1, 0.15) is 33.2 Å². The molecule has 11 heteroatoms. The Morgan fingerprint density at radius 2 is 1.69 bits per heavy atom. The minimum Gasteiger partial charge on any atom is -0.490 e. The first kappa shape index (κ1) is 27.0. The van der Waals surface area contributed by atoms with Crippen molar-refractivity contribution in [2.45, 2.75) is 6.92 Å². The van der Waals surface area contributed by atoms with Crippen LogP contribution in [0.3, 0.4) is 0 Å². The monoisotopic (exact) mass is 547 g/mol. The standard InChI is InChI=1S/C25H20Cl3N3O5/c1-2-35-22-11-15(7-10-21(22)36-25(34)18-9-8-16(26)12-20(18)28)13-30-31-23(32)14-29-24(33)17-5-3-4-6-19(17)27/h3-13H,2,14H2,1H3,(H,29,33)(H,31,32). The molecular formula is C25H20Cl3N3O5. The first-order chi connectivity index (χ1) is 17.3. The summed E-state index contributed by atoms with van der Waals surface area (Å²) in [4.78, 5) is 36.7. The van der Waals surface area contributed by atoms with Crippen LogP contribution in [0.4, 0.5) is 0 Å². The Labute approximate surface area is 222 Å². The molecule has 0 saturated heterocycles. The summed E-state index contributed by atoms with van der Waals surface area (Å²) >= 11 is 17.9. The molecule has 0 unspecified atom stereocenters. The molecule has 0 aromatic heterocycles. The lowest BCUT2D eigenvalue weighted by Crippen LogP contribution is -2.35. The number of carbonyl (C=O) groups is 3. The lowest BCUT2D eigenvalue weighted by molar-refractivity contribution is -0.120. The molecule has 2 N–H and O–H groups in total. The molecule has 0 saturated carbocycles. The number of hydrogen-bond acceptors (Lipinski definition) is 6. The quantitative estimate of drug-likeness (QED) is 0.167. The number of hydrazone groups is 1. The van der Waals surface area contributed by atoms with E-state index >= 15 is 0 Å². The number of ether oxygens (including phenoxy) is 2. The van der Waals surface area contributed by atoms with Gasteiger partial charge in [-0.1, -0.05) is 46.9 Å². The predicted octanol–water partition coefficient (Wildman–Crippen LogP) is 5.14. The van der Waals surface area contributed by atoms with Gasteiger partial charge in [-0.3, -0.25) is 9.59 Å². The average molecular weight is 549 g/mol. The highest BCUT2D eigenvalue weighted by Crippen LogP contribution is 2.30. The summed E-state index contributed by atoms with van der Waals surface area (Å²) in [6, 6.07) is 15.7. The van der Waals surface area contributed by atoms with E-state index in [1.165, 1.54) is 30.5 Å². The summed E-state index contributed by atoms with van der Waals surface area (Å²) in [5.41, 5.74) is 3.29. The van der Waals surface area contributed by atoms with Crippen LogP contribution in [0.5, 0.6) is 11.5 Å². The van der Waals surface area contributed by atoms with Crippen molar-refractivity contribution < 1.29 is 23.9 Å². The maximum absolute atomic E-state index is 12.5. The normalized spacial score (nSPS) is 10.7. The summed E-state index contributed by atoms with van der Waals surface area (Å²) in [5, 5.41) is 7.17. The van der Waals surface area contributed by atoms with Gasteiger partial charge in [0.05, 0.1) is 40.5 Å². The Hall–Kier alpha value is -3.59. The van der Waals surface area contributed by atoms with Crippen LogP contribution in [0.15, 0.2) is 65.8 Å². The minimum absolute atomic E-state index is 0.151. The molecule has 0 aliphatic rings. The van der Waals surface area contributed by atoms with Crippen molar-refractivity contribution in [1.29, 1.82) is 0 Å². The highest BCUT2D eigenvalue weighted by molar-refractivity contribution is 6.36. The molecule has 186 valence electrons. The van der Waals surface area contributed by atoms with Crippen molar-refractivity contribution >= 4 is 58.8 Å². The molecule has 0 heterocycles. The van der Waals surface area contributed by atoms with E-state index in [4.69, 9.17) is 44.3 Å². The van der Waals surface area contributed by atoms with Gasteiger partial charge in [0.25, 0.3) is 11.8 Å². The molecule has 3 aromatic carbocycles. The van der Waals surface area contributed by atoms with E-state index in [9.17, 15) is 14.4 Å². The number of nitrogens with one attached hydrogen (secondary N) is 2. The van der Waals surface area contributed by atoms with Crippen molar-refractivity contribution in [3.8, 4) is 11.5 Å². The first-order valence-electron chi connectivity index (χ1n) is 10.6. The molecule has 2 amide bonds. The Bertz CT molecular complexity index is 1310. The van der Waals surface area contributed by atoms with Gasteiger partial charge in [-0.2, -0.15) is 5.10 Å². The van der Waals surface area contributed by atoms with Gasteiger partial charge in [-0.05, 0) is 61.0 Å². The van der Waals surface area contributed by atoms with Gasteiger partial charge in [0.2, 0.25) is 0 Å². The fraction of sp³-hybridized carbons (Fsp3) is 0.120. The Morgan fingerprint density at radius 3 is 2.42 bits per heavy atom. The summed E-state index contributed by atoms with van der Waals surface area (Å²) < 4.78 is 11.0. The van der Waals surface area contributed by atoms with Crippen molar-refractivity contribution in [3.63, 3.8) is 0 Å². The molecule has 0 bridgehead atoms. The lowest BCUT2D eigenvalue weighted by Gasteiger charge is -2.12. The molecule has 8 nitrogen and oxygen atoms in total. The van der Waals surface area contributed by atoms with Gasteiger partial charge in [0.15, 0.2) is 11.5 Å². The van der Waals surface area contributed by atoms with Crippen LogP contribution in [0.25, 0.3) is 0 Å². The number of rotatable bonds is 9. The zero-order valence-corrected chi connectivity index (χ0v) is 21.2. The van der Waals surface area contributed by atoms with Crippen LogP contribution in [0, 0.1) is 0 Å². The highest BCUT2D eigenvalue weighted by atomic mass is 35.5. The number of halogens is 3. The van der Waals surface area contributed by atoms with Crippen molar-refractivity contribution in [2.24, 2.45) is 5.10 Å². The Balaban J connectivity index is 1.60. The summed E-state index contributed by atoms with van der Waals surface area (Å²) in [5.74, 6) is -1.23. The van der Waals surface area contributed by atoms with Gasteiger partial charge in [0, 0.05) is 5.02 Å². The SMILES string of the molecule is CCOc1cc(C=NNC(=O)CNC(=O)c2ccccc2Cl)ccc1OC(=O)c1ccc(Cl)cc1Cl. The molecule has 0 aliphatic heterocycles. The van der Waals surface area contributed by atoms with Gasteiger partial charge >= 0.3 is 5.97 Å². The Morgan fingerprint density at radius 1 is 0.917 bits per heavy atom. The second-order valence-electron chi connectivity index (χ2n) is 7.11. The van der Waals surface area contributed by atoms with Crippen LogP contribution in [-0.4, -0.2) is 37.1 Å². The second-order valence-corrected chi connectivity index (χ2v) is 8.36. The fourth-order valence-corrected chi connectivity index (χ4v) is 3.59. The molecule has 0 aliphatic carbocycles. The molecule has 3 aromatic rings. The first-order valence-corrected chi connectivity index (χ1v) is 11.7.